The van der Waals surface area contributed by atoms with Gasteiger partial charge in [0.2, 0.25) is 0 Å². The molecule has 1 aromatic rings. The number of nitrogens with zero attached hydrogens (tertiary/aromatic N) is 2. The summed E-state index contributed by atoms with van der Waals surface area (Å²) in [5.74, 6) is 0. The molecule has 5 heteroatoms. The molecule has 1 unspecified atom stereocenters. The predicted molar refractivity (Wildman–Crippen MR) is 84.0 cm³/mol. The fourth-order valence-corrected chi connectivity index (χ4v) is 2.90. The zero-order valence-electron chi connectivity index (χ0n) is 11.7. The summed E-state index contributed by atoms with van der Waals surface area (Å²) in [6.07, 6.45) is 2.42. The molecule has 1 saturated heterocycles. The van der Waals surface area contributed by atoms with Gasteiger partial charge in [0.15, 0.2) is 0 Å². The van der Waals surface area contributed by atoms with Crippen molar-refractivity contribution in [1.29, 1.82) is 5.26 Å². The van der Waals surface area contributed by atoms with Gasteiger partial charge in [-0.1, -0.05) is 15.9 Å². The monoisotopic (exact) mass is 337 g/mol. The minimum Gasteiger partial charge on any atom is -0.383 e. The Hall–Kier alpha value is -1.09. The Balaban J connectivity index is 2.20. The van der Waals surface area contributed by atoms with Crippen LogP contribution in [0.5, 0.6) is 0 Å². The fraction of sp³-hybridized carbons (Fsp3) is 0.533. The molecule has 2 rings (SSSR count). The third-order valence-corrected chi connectivity index (χ3v) is 4.08. The summed E-state index contributed by atoms with van der Waals surface area (Å²) in [5, 5.41) is 12.8. The maximum absolute atomic E-state index is 9.31. The lowest BCUT2D eigenvalue weighted by Crippen LogP contribution is -2.39. The van der Waals surface area contributed by atoms with Crippen LogP contribution in [0.4, 0.5) is 5.69 Å². The SMILES string of the molecule is COCCN(CC1CCCN1)c1cc(Br)ccc1C#N. The smallest absolute Gasteiger partial charge is 0.101 e. The fourth-order valence-electron chi connectivity index (χ4n) is 2.55. The topological polar surface area (TPSA) is 48.3 Å². The minimum atomic E-state index is 0.498. The van der Waals surface area contributed by atoms with Crippen molar-refractivity contribution in [2.24, 2.45) is 0 Å². The molecule has 1 N–H and O–H groups in total. The van der Waals surface area contributed by atoms with Crippen LogP contribution in [0.3, 0.4) is 0 Å². The normalized spacial score (nSPS) is 17.9. The summed E-state index contributed by atoms with van der Waals surface area (Å²) in [5.41, 5.74) is 1.69. The van der Waals surface area contributed by atoms with E-state index in [1.54, 1.807) is 7.11 Å². The van der Waals surface area contributed by atoms with Gasteiger partial charge in [0.25, 0.3) is 0 Å². The molecule has 1 fully saturated rings. The molecule has 1 aliphatic heterocycles. The number of nitriles is 1. The van der Waals surface area contributed by atoms with Gasteiger partial charge in [0.05, 0.1) is 17.9 Å². The number of ether oxygens (including phenoxy) is 1. The van der Waals surface area contributed by atoms with Crippen molar-refractivity contribution in [3.05, 3.63) is 28.2 Å². The Labute approximate surface area is 128 Å². The average molecular weight is 338 g/mol. The van der Waals surface area contributed by atoms with Crippen LogP contribution < -0.4 is 10.2 Å². The van der Waals surface area contributed by atoms with Gasteiger partial charge < -0.3 is 15.0 Å². The van der Waals surface area contributed by atoms with Crippen LogP contribution in [0.2, 0.25) is 0 Å². The largest absolute Gasteiger partial charge is 0.383 e. The molecular weight excluding hydrogens is 318 g/mol. The highest BCUT2D eigenvalue weighted by molar-refractivity contribution is 9.10. The summed E-state index contributed by atoms with van der Waals surface area (Å²) in [6.45, 7) is 3.45. The van der Waals surface area contributed by atoms with Crippen molar-refractivity contribution in [3.63, 3.8) is 0 Å². The zero-order valence-corrected chi connectivity index (χ0v) is 13.3. The average Bonchev–Trinajstić information content (AvgIpc) is 2.96. The number of benzene rings is 1. The molecule has 0 aromatic heterocycles. The van der Waals surface area contributed by atoms with E-state index in [1.807, 2.05) is 18.2 Å². The molecule has 20 heavy (non-hydrogen) atoms. The first-order chi connectivity index (χ1) is 9.74. The number of anilines is 1. The van der Waals surface area contributed by atoms with Crippen LogP contribution in [-0.4, -0.2) is 39.4 Å². The Morgan fingerprint density at radius 3 is 3.05 bits per heavy atom. The predicted octanol–water partition coefficient (Wildman–Crippen LogP) is 2.53. The van der Waals surface area contributed by atoms with Gasteiger partial charge in [-0.05, 0) is 37.6 Å². The third-order valence-electron chi connectivity index (χ3n) is 3.59. The molecule has 0 spiro atoms. The van der Waals surface area contributed by atoms with Gasteiger partial charge >= 0.3 is 0 Å². The highest BCUT2D eigenvalue weighted by Crippen LogP contribution is 2.25. The number of methoxy groups -OCH3 is 1. The summed E-state index contributed by atoms with van der Waals surface area (Å²) < 4.78 is 6.20. The van der Waals surface area contributed by atoms with Crippen LogP contribution >= 0.6 is 15.9 Å². The minimum absolute atomic E-state index is 0.498. The highest BCUT2D eigenvalue weighted by Gasteiger charge is 2.20. The van der Waals surface area contributed by atoms with Crippen molar-refractivity contribution in [1.82, 2.24) is 5.32 Å². The molecule has 4 nitrogen and oxygen atoms in total. The van der Waals surface area contributed by atoms with Crippen LogP contribution in [0.25, 0.3) is 0 Å². The van der Waals surface area contributed by atoms with Crippen LogP contribution in [0.1, 0.15) is 18.4 Å². The molecular formula is C15H20BrN3O. The summed E-state index contributed by atoms with van der Waals surface area (Å²) in [7, 11) is 1.71. The van der Waals surface area contributed by atoms with Crippen molar-refractivity contribution in [3.8, 4) is 6.07 Å². The lowest BCUT2D eigenvalue weighted by Gasteiger charge is -2.28. The molecule has 1 atom stereocenters. The van der Waals surface area contributed by atoms with Crippen molar-refractivity contribution >= 4 is 21.6 Å². The Morgan fingerprint density at radius 1 is 1.55 bits per heavy atom. The lowest BCUT2D eigenvalue weighted by molar-refractivity contribution is 0.204. The van der Waals surface area contributed by atoms with E-state index < -0.39 is 0 Å². The van der Waals surface area contributed by atoms with Gasteiger partial charge in [0.1, 0.15) is 6.07 Å². The van der Waals surface area contributed by atoms with Crippen LogP contribution in [-0.2, 0) is 4.74 Å². The van der Waals surface area contributed by atoms with Crippen molar-refractivity contribution in [2.75, 3.05) is 38.3 Å². The van der Waals surface area contributed by atoms with E-state index in [-0.39, 0.29) is 0 Å². The first-order valence-electron chi connectivity index (χ1n) is 6.91. The summed E-state index contributed by atoms with van der Waals surface area (Å²) in [6, 6.07) is 8.56. The number of nitrogens with one attached hydrogen (secondary N) is 1. The van der Waals surface area contributed by atoms with Gasteiger partial charge in [0, 0.05) is 30.7 Å². The molecule has 1 aliphatic rings. The molecule has 1 heterocycles. The number of halogens is 1. The Kier molecular flexibility index (Phi) is 5.84. The van der Waals surface area contributed by atoms with E-state index in [0.29, 0.717) is 18.2 Å². The van der Waals surface area contributed by atoms with Crippen molar-refractivity contribution in [2.45, 2.75) is 18.9 Å². The second-order valence-corrected chi connectivity index (χ2v) is 5.92. The second-order valence-electron chi connectivity index (χ2n) is 5.01. The van der Waals surface area contributed by atoms with E-state index in [9.17, 15) is 5.26 Å². The number of rotatable bonds is 6. The molecule has 1 aromatic carbocycles. The molecule has 0 bridgehead atoms. The molecule has 0 aliphatic carbocycles. The Bertz CT molecular complexity index is 480. The van der Waals surface area contributed by atoms with E-state index in [2.05, 4.69) is 32.2 Å². The maximum atomic E-state index is 9.31. The second kappa shape index (κ2) is 7.63. The van der Waals surface area contributed by atoms with E-state index in [4.69, 9.17) is 4.74 Å². The summed E-state index contributed by atoms with van der Waals surface area (Å²) in [4.78, 5) is 2.25. The van der Waals surface area contributed by atoms with Gasteiger partial charge in [-0.15, -0.1) is 0 Å². The standard InChI is InChI=1S/C15H20BrN3O/c1-20-8-7-19(11-14-3-2-6-18-14)15-9-13(16)5-4-12(15)10-17/h4-5,9,14,18H,2-3,6-8,11H2,1H3. The lowest BCUT2D eigenvalue weighted by atomic mass is 10.1. The van der Waals surface area contributed by atoms with Crippen LogP contribution in [0, 0.1) is 11.3 Å². The quantitative estimate of drug-likeness (QED) is 0.866. The first-order valence-corrected chi connectivity index (χ1v) is 7.71. The Morgan fingerprint density at radius 2 is 2.40 bits per heavy atom. The van der Waals surface area contributed by atoms with E-state index in [1.165, 1.54) is 12.8 Å². The number of hydrogen-bond donors (Lipinski definition) is 1. The van der Waals surface area contributed by atoms with Gasteiger partial charge in [-0.2, -0.15) is 5.26 Å². The summed E-state index contributed by atoms with van der Waals surface area (Å²) >= 11 is 3.49. The molecule has 0 saturated carbocycles. The maximum Gasteiger partial charge on any atom is 0.101 e. The van der Waals surface area contributed by atoms with Gasteiger partial charge in [-0.3, -0.25) is 0 Å². The van der Waals surface area contributed by atoms with E-state index in [0.717, 1.165) is 29.8 Å². The first kappa shape index (κ1) is 15.3. The van der Waals surface area contributed by atoms with E-state index >= 15 is 0 Å². The molecule has 0 radical (unpaired) electrons. The molecule has 108 valence electrons. The zero-order chi connectivity index (χ0) is 14.4. The highest BCUT2D eigenvalue weighted by atomic mass is 79.9. The molecule has 0 amide bonds. The third kappa shape index (κ3) is 3.95. The number of hydrogen-bond acceptors (Lipinski definition) is 4. The van der Waals surface area contributed by atoms with Crippen LogP contribution in [0.15, 0.2) is 22.7 Å². The van der Waals surface area contributed by atoms with Gasteiger partial charge in [-0.25, -0.2) is 0 Å². The van der Waals surface area contributed by atoms with Crippen molar-refractivity contribution < 1.29 is 4.74 Å².